The maximum absolute atomic E-state index is 4.73. The number of hydrogen-bond acceptors (Lipinski definition) is 3. The van der Waals surface area contributed by atoms with Gasteiger partial charge in [0, 0.05) is 11.3 Å². The Morgan fingerprint density at radius 1 is 1.38 bits per heavy atom. The number of rotatable bonds is 4. The number of thioether (sulfide) groups is 1. The molecule has 114 valence electrons. The third kappa shape index (κ3) is 3.43. The van der Waals surface area contributed by atoms with Crippen LogP contribution in [0.15, 0.2) is 29.4 Å². The van der Waals surface area contributed by atoms with Gasteiger partial charge < -0.3 is 10.3 Å². The van der Waals surface area contributed by atoms with Gasteiger partial charge in [-0.25, -0.2) is 4.98 Å². The lowest BCUT2D eigenvalue weighted by atomic mass is 9.75. The fraction of sp³-hybridized carbons (Fsp3) is 0.588. The van der Waals surface area contributed by atoms with E-state index in [1.54, 1.807) is 0 Å². The summed E-state index contributed by atoms with van der Waals surface area (Å²) >= 11 is 1.91. The lowest BCUT2D eigenvalue weighted by Crippen LogP contribution is -2.44. The molecule has 2 aromatic rings. The molecule has 1 aliphatic rings. The maximum Gasteiger partial charge on any atom is 0.166 e. The summed E-state index contributed by atoms with van der Waals surface area (Å²) < 4.78 is 0. The first-order valence-electron chi connectivity index (χ1n) is 7.92. The molecule has 21 heavy (non-hydrogen) atoms. The highest BCUT2D eigenvalue weighted by atomic mass is 32.2. The highest BCUT2D eigenvalue weighted by Gasteiger charge is 2.35. The summed E-state index contributed by atoms with van der Waals surface area (Å²) in [6, 6.07) is 8.87. The average Bonchev–Trinajstić information content (AvgIpc) is 2.83. The lowest BCUT2D eigenvalue weighted by molar-refractivity contribution is 0.215. The molecule has 2 unspecified atom stereocenters. The lowest BCUT2D eigenvalue weighted by Gasteiger charge is -2.40. The van der Waals surface area contributed by atoms with Gasteiger partial charge in [-0.1, -0.05) is 44.7 Å². The third-order valence-corrected chi connectivity index (χ3v) is 5.65. The molecule has 2 atom stereocenters. The summed E-state index contributed by atoms with van der Waals surface area (Å²) in [4.78, 5) is 8.19. The van der Waals surface area contributed by atoms with Crippen LogP contribution in [0.4, 0.5) is 0 Å². The van der Waals surface area contributed by atoms with E-state index in [1.165, 1.54) is 19.3 Å². The van der Waals surface area contributed by atoms with Crippen molar-refractivity contribution in [3.05, 3.63) is 24.3 Å². The van der Waals surface area contributed by atoms with Gasteiger partial charge in [-0.2, -0.15) is 0 Å². The molecule has 0 amide bonds. The second-order valence-corrected chi connectivity index (χ2v) is 8.01. The molecule has 0 aliphatic heterocycles. The molecule has 2 N–H and O–H groups in total. The molecule has 1 aromatic carbocycles. The van der Waals surface area contributed by atoms with Crippen LogP contribution in [0, 0.1) is 5.41 Å². The molecule has 3 nitrogen and oxygen atoms in total. The van der Waals surface area contributed by atoms with Crippen LogP contribution in [0.25, 0.3) is 11.0 Å². The van der Waals surface area contributed by atoms with Crippen molar-refractivity contribution in [1.29, 1.82) is 0 Å². The van der Waals surface area contributed by atoms with Crippen LogP contribution in [0.3, 0.4) is 0 Å². The van der Waals surface area contributed by atoms with Crippen molar-refractivity contribution in [3.8, 4) is 0 Å². The highest BCUT2D eigenvalue weighted by Crippen LogP contribution is 2.42. The van der Waals surface area contributed by atoms with Crippen molar-refractivity contribution in [1.82, 2.24) is 15.3 Å². The van der Waals surface area contributed by atoms with Gasteiger partial charge in [0.1, 0.15) is 0 Å². The Morgan fingerprint density at radius 3 is 2.95 bits per heavy atom. The molecule has 1 heterocycles. The number of fused-ring (bicyclic) bond motifs is 1. The molecule has 3 rings (SSSR count). The van der Waals surface area contributed by atoms with Gasteiger partial charge in [0.2, 0.25) is 0 Å². The number of H-pyrrole nitrogens is 1. The Kier molecular flexibility index (Phi) is 4.27. The molecule has 1 aromatic heterocycles. The number of aromatic nitrogens is 2. The minimum Gasteiger partial charge on any atom is -0.333 e. The fourth-order valence-electron chi connectivity index (χ4n) is 3.27. The number of para-hydroxylation sites is 2. The molecule has 0 radical (unpaired) electrons. The van der Waals surface area contributed by atoms with Crippen LogP contribution < -0.4 is 5.32 Å². The Morgan fingerprint density at radius 2 is 2.19 bits per heavy atom. The predicted octanol–water partition coefficient (Wildman–Crippen LogP) is 4.21. The van der Waals surface area contributed by atoms with Crippen molar-refractivity contribution < 1.29 is 0 Å². The van der Waals surface area contributed by atoms with E-state index in [0.717, 1.165) is 22.7 Å². The summed E-state index contributed by atoms with van der Waals surface area (Å²) in [7, 11) is 0. The van der Waals surface area contributed by atoms with E-state index in [0.29, 0.717) is 16.7 Å². The van der Waals surface area contributed by atoms with Crippen LogP contribution in [0.1, 0.15) is 40.0 Å². The summed E-state index contributed by atoms with van der Waals surface area (Å²) in [6.45, 7) is 8.02. The maximum atomic E-state index is 4.73. The number of imidazole rings is 1. The Bertz CT molecular complexity index is 572. The van der Waals surface area contributed by atoms with Gasteiger partial charge in [0.05, 0.1) is 11.0 Å². The van der Waals surface area contributed by atoms with Crippen molar-refractivity contribution in [2.75, 3.05) is 6.54 Å². The minimum absolute atomic E-state index is 0.440. The van der Waals surface area contributed by atoms with Crippen LogP contribution >= 0.6 is 11.8 Å². The number of aromatic amines is 1. The monoisotopic (exact) mass is 303 g/mol. The minimum atomic E-state index is 0.440. The summed E-state index contributed by atoms with van der Waals surface area (Å²) in [5.74, 6) is 0. The van der Waals surface area contributed by atoms with E-state index in [1.807, 2.05) is 17.8 Å². The SMILES string of the molecule is CCNC1CCC(C)(C)CC1Sc1nc2ccccc2[nH]1. The van der Waals surface area contributed by atoms with E-state index in [-0.39, 0.29) is 0 Å². The topological polar surface area (TPSA) is 40.7 Å². The van der Waals surface area contributed by atoms with Gasteiger partial charge in [-0.05, 0) is 43.4 Å². The van der Waals surface area contributed by atoms with Gasteiger partial charge in [0.25, 0.3) is 0 Å². The standard InChI is InChI=1S/C17H25N3S/c1-4-18-14-9-10-17(2,3)11-15(14)21-16-19-12-7-5-6-8-13(12)20-16/h5-8,14-15,18H,4,9-11H2,1-3H3,(H,19,20). The quantitative estimate of drug-likeness (QED) is 0.889. The first-order valence-corrected chi connectivity index (χ1v) is 8.80. The molecule has 1 saturated carbocycles. The average molecular weight is 303 g/mol. The van der Waals surface area contributed by atoms with Gasteiger partial charge in [0.15, 0.2) is 5.16 Å². The normalized spacial score (nSPS) is 25.3. The largest absolute Gasteiger partial charge is 0.333 e. The zero-order valence-corrected chi connectivity index (χ0v) is 14.0. The second-order valence-electron chi connectivity index (χ2n) is 6.79. The van der Waals surface area contributed by atoms with Crippen LogP contribution in [0.5, 0.6) is 0 Å². The molecule has 1 aliphatic carbocycles. The Hall–Kier alpha value is -1.00. The van der Waals surface area contributed by atoms with Crippen molar-refractivity contribution >= 4 is 22.8 Å². The van der Waals surface area contributed by atoms with Crippen LogP contribution in [-0.2, 0) is 0 Å². The van der Waals surface area contributed by atoms with Crippen LogP contribution in [-0.4, -0.2) is 27.8 Å². The van der Waals surface area contributed by atoms with Gasteiger partial charge in [-0.3, -0.25) is 0 Å². The molecule has 4 heteroatoms. The number of nitrogens with one attached hydrogen (secondary N) is 2. The first-order chi connectivity index (χ1) is 10.1. The number of hydrogen-bond donors (Lipinski definition) is 2. The summed E-state index contributed by atoms with van der Waals surface area (Å²) in [6.07, 6.45) is 3.81. The molecular formula is C17H25N3S. The Labute approximate surface area is 131 Å². The van der Waals surface area contributed by atoms with Gasteiger partial charge >= 0.3 is 0 Å². The zero-order chi connectivity index (χ0) is 14.9. The predicted molar refractivity (Wildman–Crippen MR) is 90.8 cm³/mol. The van der Waals surface area contributed by atoms with Crippen molar-refractivity contribution in [2.24, 2.45) is 5.41 Å². The molecule has 0 spiro atoms. The molecule has 1 fully saturated rings. The smallest absolute Gasteiger partial charge is 0.166 e. The van der Waals surface area contributed by atoms with E-state index in [4.69, 9.17) is 4.98 Å². The fourth-order valence-corrected chi connectivity index (χ4v) is 4.81. The van der Waals surface area contributed by atoms with Crippen molar-refractivity contribution in [3.63, 3.8) is 0 Å². The molecule has 0 saturated heterocycles. The molecular weight excluding hydrogens is 278 g/mol. The van der Waals surface area contributed by atoms with E-state index >= 15 is 0 Å². The van der Waals surface area contributed by atoms with Crippen LogP contribution in [0.2, 0.25) is 0 Å². The van der Waals surface area contributed by atoms with E-state index in [9.17, 15) is 0 Å². The number of benzene rings is 1. The second kappa shape index (κ2) is 6.01. The molecule has 0 bridgehead atoms. The van der Waals surface area contributed by atoms with Crippen molar-refractivity contribution in [2.45, 2.75) is 56.5 Å². The highest BCUT2D eigenvalue weighted by molar-refractivity contribution is 7.99. The first kappa shape index (κ1) is 14.9. The third-order valence-electron chi connectivity index (χ3n) is 4.43. The summed E-state index contributed by atoms with van der Waals surface area (Å²) in [5, 5.41) is 5.31. The Balaban J connectivity index is 1.79. The summed E-state index contributed by atoms with van der Waals surface area (Å²) in [5.41, 5.74) is 2.64. The number of nitrogens with zero attached hydrogens (tertiary/aromatic N) is 1. The van der Waals surface area contributed by atoms with Gasteiger partial charge in [-0.15, -0.1) is 0 Å². The van der Waals surface area contributed by atoms with E-state index < -0.39 is 0 Å². The van der Waals surface area contributed by atoms with E-state index in [2.05, 4.69) is 49.3 Å². The zero-order valence-electron chi connectivity index (χ0n) is 13.1.